The Kier molecular flexibility index (Phi) is 6.70. The van der Waals surface area contributed by atoms with Crippen LogP contribution >= 0.6 is 24.8 Å². The minimum Gasteiger partial charge on any atom is -0.480 e. The van der Waals surface area contributed by atoms with Crippen LogP contribution in [0, 0.1) is 0 Å². The van der Waals surface area contributed by atoms with Crippen LogP contribution in [0.15, 0.2) is 24.3 Å². The number of carboxylic acid groups (broad SMARTS) is 1. The zero-order chi connectivity index (χ0) is 19.3. The maximum atomic E-state index is 12.2. The predicted molar refractivity (Wildman–Crippen MR) is 100 cm³/mol. The standard InChI is InChI=1S/C16H17N3O5S2/c20-12(18-16(26)17-11(8-25)15(23)24)6-3-7-19-13(21)9-4-1-2-5-10(9)14(19)22/h1-2,4-5,11,25H,3,6-8H2,(H,23,24)(H2,17,18,20,26). The van der Waals surface area contributed by atoms with Gasteiger partial charge in [0.15, 0.2) is 5.11 Å². The second-order valence-electron chi connectivity index (χ2n) is 5.51. The SMILES string of the molecule is O=C(CCCN1C(=O)c2ccccc2C1=O)NC(=S)NC(CS)C(=O)O. The molecule has 1 aliphatic rings. The van der Waals surface area contributed by atoms with Crippen molar-refractivity contribution >= 4 is 53.6 Å². The predicted octanol–water partition coefficient (Wildman–Crippen LogP) is 0.436. The molecule has 0 fully saturated rings. The van der Waals surface area contributed by atoms with Gasteiger partial charge < -0.3 is 15.7 Å². The van der Waals surface area contributed by atoms with Gasteiger partial charge in [0.25, 0.3) is 11.8 Å². The number of thiol groups is 1. The van der Waals surface area contributed by atoms with Crippen LogP contribution in [0.1, 0.15) is 33.6 Å². The first kappa shape index (κ1) is 19.9. The van der Waals surface area contributed by atoms with E-state index in [9.17, 15) is 19.2 Å². The minimum absolute atomic E-state index is 0.00505. The summed E-state index contributed by atoms with van der Waals surface area (Å²) in [6.07, 6.45) is 0.280. The lowest BCUT2D eigenvalue weighted by molar-refractivity contribution is -0.138. The maximum Gasteiger partial charge on any atom is 0.327 e. The fourth-order valence-corrected chi connectivity index (χ4v) is 2.91. The lowest BCUT2D eigenvalue weighted by atomic mass is 10.1. The quantitative estimate of drug-likeness (QED) is 0.301. The van der Waals surface area contributed by atoms with Crippen molar-refractivity contribution in [1.29, 1.82) is 0 Å². The van der Waals surface area contributed by atoms with Gasteiger partial charge >= 0.3 is 5.97 Å². The number of carbonyl (C=O) groups is 4. The molecule has 1 aliphatic heterocycles. The number of imide groups is 1. The van der Waals surface area contributed by atoms with Crippen molar-refractivity contribution in [2.45, 2.75) is 18.9 Å². The summed E-state index contributed by atoms with van der Waals surface area (Å²) in [7, 11) is 0. The summed E-state index contributed by atoms with van der Waals surface area (Å²) in [6, 6.07) is 5.54. The van der Waals surface area contributed by atoms with Gasteiger partial charge in [-0.05, 0) is 30.8 Å². The molecule has 10 heteroatoms. The number of hydrogen-bond donors (Lipinski definition) is 4. The topological polar surface area (TPSA) is 116 Å². The third-order valence-electron chi connectivity index (χ3n) is 3.70. The summed E-state index contributed by atoms with van der Waals surface area (Å²) in [5.74, 6) is -2.32. The number of nitrogens with zero attached hydrogens (tertiary/aromatic N) is 1. The Hall–Kier alpha value is -2.46. The van der Waals surface area contributed by atoms with Crippen molar-refractivity contribution in [1.82, 2.24) is 15.5 Å². The Balaban J connectivity index is 1.79. The highest BCUT2D eigenvalue weighted by atomic mass is 32.1. The highest BCUT2D eigenvalue weighted by Gasteiger charge is 2.34. The molecule has 3 N–H and O–H groups in total. The number of carbonyl (C=O) groups excluding carboxylic acids is 3. The van der Waals surface area contributed by atoms with E-state index >= 15 is 0 Å². The van der Waals surface area contributed by atoms with E-state index in [1.54, 1.807) is 24.3 Å². The molecule has 1 aromatic rings. The fraction of sp³-hybridized carbons (Fsp3) is 0.312. The number of fused-ring (bicyclic) bond motifs is 1. The zero-order valence-electron chi connectivity index (χ0n) is 13.6. The van der Waals surface area contributed by atoms with Gasteiger partial charge in [-0.2, -0.15) is 12.6 Å². The number of nitrogens with one attached hydrogen (secondary N) is 2. The maximum absolute atomic E-state index is 12.2. The molecular weight excluding hydrogens is 378 g/mol. The molecule has 1 heterocycles. The van der Waals surface area contributed by atoms with Crippen molar-refractivity contribution < 1.29 is 24.3 Å². The largest absolute Gasteiger partial charge is 0.480 e. The van der Waals surface area contributed by atoms with Gasteiger partial charge in [0, 0.05) is 18.7 Å². The third kappa shape index (κ3) is 4.58. The summed E-state index contributed by atoms with van der Waals surface area (Å²) < 4.78 is 0. The van der Waals surface area contributed by atoms with E-state index in [2.05, 4.69) is 23.3 Å². The second kappa shape index (κ2) is 8.77. The van der Waals surface area contributed by atoms with Crippen molar-refractivity contribution in [3.05, 3.63) is 35.4 Å². The number of amides is 3. The van der Waals surface area contributed by atoms with E-state index in [-0.39, 0.29) is 42.1 Å². The summed E-state index contributed by atoms with van der Waals surface area (Å²) in [6.45, 7) is 0.106. The Morgan fingerprint density at radius 2 is 1.77 bits per heavy atom. The molecule has 0 spiro atoms. The van der Waals surface area contributed by atoms with Crippen LogP contribution in [0.3, 0.4) is 0 Å². The Morgan fingerprint density at radius 1 is 1.19 bits per heavy atom. The number of aliphatic carboxylic acids is 1. The molecule has 3 amide bonds. The summed E-state index contributed by atoms with van der Waals surface area (Å²) in [4.78, 5) is 48.2. The molecule has 0 aromatic heterocycles. The van der Waals surface area contributed by atoms with E-state index in [4.69, 9.17) is 17.3 Å². The number of benzene rings is 1. The second-order valence-corrected chi connectivity index (χ2v) is 6.28. The fourth-order valence-electron chi connectivity index (χ4n) is 2.41. The van der Waals surface area contributed by atoms with Gasteiger partial charge in [-0.25, -0.2) is 4.79 Å². The van der Waals surface area contributed by atoms with Gasteiger partial charge in [0.05, 0.1) is 11.1 Å². The highest BCUT2D eigenvalue weighted by Crippen LogP contribution is 2.22. The van der Waals surface area contributed by atoms with Crippen molar-refractivity contribution in [2.75, 3.05) is 12.3 Å². The zero-order valence-corrected chi connectivity index (χ0v) is 15.3. The van der Waals surface area contributed by atoms with Crippen LogP contribution in [0.5, 0.6) is 0 Å². The van der Waals surface area contributed by atoms with Crippen LogP contribution in [0.2, 0.25) is 0 Å². The van der Waals surface area contributed by atoms with Crippen LogP contribution in [0.4, 0.5) is 0 Å². The first-order valence-electron chi connectivity index (χ1n) is 7.74. The Bertz CT molecular complexity index is 733. The molecule has 0 saturated carbocycles. The number of hydrogen-bond acceptors (Lipinski definition) is 6. The van der Waals surface area contributed by atoms with E-state index in [0.29, 0.717) is 11.1 Å². The normalized spacial score (nSPS) is 14.0. The molecule has 1 atom stereocenters. The van der Waals surface area contributed by atoms with Crippen LogP contribution in [0.25, 0.3) is 0 Å². The lowest BCUT2D eigenvalue weighted by Gasteiger charge is -2.15. The number of rotatable bonds is 7. The van der Waals surface area contributed by atoms with Gasteiger partial charge in [0.2, 0.25) is 5.91 Å². The Morgan fingerprint density at radius 3 is 2.27 bits per heavy atom. The summed E-state index contributed by atoms with van der Waals surface area (Å²) >= 11 is 8.76. The number of carboxylic acids is 1. The Labute approximate surface area is 160 Å². The summed E-state index contributed by atoms with van der Waals surface area (Å²) in [5.41, 5.74) is 0.720. The molecule has 0 saturated heterocycles. The molecule has 0 radical (unpaired) electrons. The molecule has 1 aromatic carbocycles. The first-order valence-corrected chi connectivity index (χ1v) is 8.78. The van der Waals surface area contributed by atoms with Gasteiger partial charge in [0.1, 0.15) is 6.04 Å². The van der Waals surface area contributed by atoms with Gasteiger partial charge in [-0.3, -0.25) is 19.3 Å². The molecule has 8 nitrogen and oxygen atoms in total. The summed E-state index contributed by atoms with van der Waals surface area (Å²) in [5, 5.41) is 13.6. The molecule has 26 heavy (non-hydrogen) atoms. The van der Waals surface area contributed by atoms with E-state index in [1.807, 2.05) is 0 Å². The lowest BCUT2D eigenvalue weighted by Crippen LogP contribution is -2.48. The van der Waals surface area contributed by atoms with E-state index in [0.717, 1.165) is 4.90 Å². The van der Waals surface area contributed by atoms with Crippen LogP contribution < -0.4 is 10.6 Å². The molecule has 1 unspecified atom stereocenters. The molecule has 2 rings (SSSR count). The smallest absolute Gasteiger partial charge is 0.327 e. The minimum atomic E-state index is -1.14. The van der Waals surface area contributed by atoms with Crippen LogP contribution in [-0.4, -0.2) is 57.1 Å². The van der Waals surface area contributed by atoms with Crippen molar-refractivity contribution in [3.8, 4) is 0 Å². The van der Waals surface area contributed by atoms with E-state index in [1.165, 1.54) is 0 Å². The molecule has 138 valence electrons. The third-order valence-corrected chi connectivity index (χ3v) is 4.29. The highest BCUT2D eigenvalue weighted by molar-refractivity contribution is 7.80. The molecule has 0 bridgehead atoms. The average Bonchev–Trinajstić information content (AvgIpc) is 2.84. The average molecular weight is 395 g/mol. The van der Waals surface area contributed by atoms with Crippen LogP contribution in [-0.2, 0) is 9.59 Å². The van der Waals surface area contributed by atoms with E-state index < -0.39 is 17.9 Å². The van der Waals surface area contributed by atoms with Gasteiger partial charge in [-0.15, -0.1) is 0 Å². The van der Waals surface area contributed by atoms with Crippen molar-refractivity contribution in [3.63, 3.8) is 0 Å². The van der Waals surface area contributed by atoms with Gasteiger partial charge in [-0.1, -0.05) is 12.1 Å². The monoisotopic (exact) mass is 395 g/mol. The first-order chi connectivity index (χ1) is 12.3. The number of thiocarbonyl (C=S) groups is 1. The molecule has 0 aliphatic carbocycles. The molecular formula is C16H17N3O5S2. The van der Waals surface area contributed by atoms with Crippen molar-refractivity contribution in [2.24, 2.45) is 0 Å².